The van der Waals surface area contributed by atoms with Gasteiger partial charge in [0, 0.05) is 11.4 Å². The van der Waals surface area contributed by atoms with Crippen molar-refractivity contribution in [1.29, 1.82) is 0 Å². The average molecular weight is 366 g/mol. The highest BCUT2D eigenvalue weighted by Crippen LogP contribution is 2.33. The Labute approximate surface area is 157 Å². The van der Waals surface area contributed by atoms with E-state index in [0.717, 1.165) is 30.9 Å². The number of benzene rings is 1. The summed E-state index contributed by atoms with van der Waals surface area (Å²) in [5.74, 6) is 0.796. The number of anilines is 1. The third-order valence-corrected chi connectivity index (χ3v) is 5.63. The van der Waals surface area contributed by atoms with E-state index in [2.05, 4.69) is 39.3 Å². The maximum Gasteiger partial charge on any atom is 0.256 e. The van der Waals surface area contributed by atoms with Crippen molar-refractivity contribution in [2.45, 2.75) is 32.4 Å². The molecule has 0 spiro atoms. The summed E-state index contributed by atoms with van der Waals surface area (Å²) in [7, 11) is 0. The quantitative estimate of drug-likeness (QED) is 0.700. The number of hydrogen-bond donors (Lipinski definition) is 2. The summed E-state index contributed by atoms with van der Waals surface area (Å²) in [6.07, 6.45) is 1.60. The van der Waals surface area contributed by atoms with E-state index in [-0.39, 0.29) is 11.9 Å². The molecule has 0 saturated carbocycles. The minimum atomic E-state index is -0.0409. The predicted octanol–water partition coefficient (Wildman–Crippen LogP) is 3.65. The van der Waals surface area contributed by atoms with Gasteiger partial charge >= 0.3 is 0 Å². The Kier molecular flexibility index (Phi) is 4.75. The van der Waals surface area contributed by atoms with Crippen LogP contribution in [0.15, 0.2) is 47.8 Å². The fraction of sp³-hybridized carbons (Fsp3) is 0.300. The third-order valence-electron chi connectivity index (χ3n) is 4.69. The van der Waals surface area contributed by atoms with E-state index >= 15 is 0 Å². The summed E-state index contributed by atoms with van der Waals surface area (Å²) in [5.41, 5.74) is 2.75. The van der Waals surface area contributed by atoms with Crippen LogP contribution in [0.5, 0.6) is 0 Å². The fourth-order valence-corrected chi connectivity index (χ4v) is 4.09. The summed E-state index contributed by atoms with van der Waals surface area (Å²) in [4.78, 5) is 14.1. The maximum atomic E-state index is 12.8. The highest BCUT2D eigenvalue weighted by Gasteiger charge is 2.30. The highest BCUT2D eigenvalue weighted by atomic mass is 32.1. The lowest BCUT2D eigenvalue weighted by atomic mass is 10.1. The molecular weight excluding hydrogens is 344 g/mol. The van der Waals surface area contributed by atoms with Gasteiger partial charge in [-0.25, -0.2) is 4.68 Å². The number of hydrogen-bond acceptors (Lipinski definition) is 4. The van der Waals surface area contributed by atoms with E-state index in [0.29, 0.717) is 12.1 Å². The van der Waals surface area contributed by atoms with Gasteiger partial charge in [0.2, 0.25) is 0 Å². The molecule has 0 fully saturated rings. The van der Waals surface area contributed by atoms with Crippen molar-refractivity contribution in [3.05, 3.63) is 69.5 Å². The van der Waals surface area contributed by atoms with Gasteiger partial charge in [-0.2, -0.15) is 5.10 Å². The minimum Gasteiger partial charge on any atom is -0.361 e. The zero-order valence-electron chi connectivity index (χ0n) is 14.7. The Morgan fingerprint density at radius 1 is 1.31 bits per heavy atom. The first-order valence-corrected chi connectivity index (χ1v) is 9.86. The number of aromatic nitrogens is 2. The van der Waals surface area contributed by atoms with E-state index < -0.39 is 0 Å². The Bertz CT molecular complexity index is 886. The van der Waals surface area contributed by atoms with Gasteiger partial charge in [-0.1, -0.05) is 43.3 Å². The molecule has 1 atom stereocenters. The van der Waals surface area contributed by atoms with Gasteiger partial charge in [0.25, 0.3) is 5.91 Å². The Morgan fingerprint density at radius 3 is 2.88 bits per heavy atom. The molecule has 1 aliphatic rings. The van der Waals surface area contributed by atoms with Crippen molar-refractivity contribution in [2.24, 2.45) is 0 Å². The van der Waals surface area contributed by atoms with Crippen molar-refractivity contribution in [3.63, 3.8) is 0 Å². The summed E-state index contributed by atoms with van der Waals surface area (Å²) >= 11 is 1.72. The number of amides is 1. The standard InChI is InChI=1S/C20H22N4OS/c1-2-16-18(20(25)21-11-10-15-9-6-12-26-15)19-22-17(13-24(19)23-16)14-7-4-3-5-8-14/h3-9,12,17,22H,2,10-11,13H2,1H3,(H,21,25)/t17-/m1/s1. The van der Waals surface area contributed by atoms with Gasteiger partial charge in [-0.05, 0) is 29.9 Å². The molecule has 3 heterocycles. The molecule has 2 N–H and O–H groups in total. The molecule has 2 aromatic heterocycles. The predicted molar refractivity (Wildman–Crippen MR) is 105 cm³/mol. The molecule has 0 unspecified atom stereocenters. The number of aryl methyl sites for hydroxylation is 1. The van der Waals surface area contributed by atoms with Gasteiger partial charge in [-0.3, -0.25) is 4.79 Å². The van der Waals surface area contributed by atoms with E-state index in [1.165, 1.54) is 10.4 Å². The van der Waals surface area contributed by atoms with Gasteiger partial charge in [-0.15, -0.1) is 11.3 Å². The summed E-state index contributed by atoms with van der Waals surface area (Å²) < 4.78 is 1.94. The second kappa shape index (κ2) is 7.33. The van der Waals surface area contributed by atoms with Crippen LogP contribution in [0.1, 0.15) is 39.5 Å². The van der Waals surface area contributed by atoms with Crippen molar-refractivity contribution in [1.82, 2.24) is 15.1 Å². The fourth-order valence-electron chi connectivity index (χ4n) is 3.38. The van der Waals surface area contributed by atoms with Crippen molar-refractivity contribution < 1.29 is 4.79 Å². The largest absolute Gasteiger partial charge is 0.361 e. The number of carbonyl (C=O) groups is 1. The Balaban J connectivity index is 1.49. The normalized spacial score (nSPS) is 15.5. The number of nitrogens with zero attached hydrogens (tertiary/aromatic N) is 2. The van der Waals surface area contributed by atoms with Gasteiger partial charge in [0.05, 0.1) is 18.3 Å². The molecule has 0 saturated heterocycles. The number of rotatable bonds is 6. The smallest absolute Gasteiger partial charge is 0.256 e. The number of nitrogens with one attached hydrogen (secondary N) is 2. The van der Waals surface area contributed by atoms with Crippen LogP contribution in [0.25, 0.3) is 0 Å². The highest BCUT2D eigenvalue weighted by molar-refractivity contribution is 7.09. The Morgan fingerprint density at radius 2 is 2.15 bits per heavy atom. The molecule has 4 rings (SSSR count). The van der Waals surface area contributed by atoms with Crippen LogP contribution >= 0.6 is 11.3 Å². The summed E-state index contributed by atoms with van der Waals surface area (Å²) in [5, 5.41) is 13.3. The average Bonchev–Trinajstić information content (AvgIpc) is 3.37. The molecule has 0 radical (unpaired) electrons. The number of thiophene rings is 1. The number of fused-ring (bicyclic) bond motifs is 1. The first-order valence-electron chi connectivity index (χ1n) is 8.98. The van der Waals surface area contributed by atoms with Crippen molar-refractivity contribution in [2.75, 3.05) is 11.9 Å². The lowest BCUT2D eigenvalue weighted by Gasteiger charge is -2.12. The molecule has 134 valence electrons. The van der Waals surface area contributed by atoms with E-state index in [1.807, 2.05) is 35.9 Å². The molecule has 1 amide bonds. The van der Waals surface area contributed by atoms with Crippen LogP contribution in [0.3, 0.4) is 0 Å². The van der Waals surface area contributed by atoms with E-state index in [4.69, 9.17) is 0 Å². The lowest BCUT2D eigenvalue weighted by molar-refractivity contribution is 0.0954. The van der Waals surface area contributed by atoms with E-state index in [1.54, 1.807) is 11.3 Å². The monoisotopic (exact) mass is 366 g/mol. The zero-order chi connectivity index (χ0) is 17.9. The van der Waals surface area contributed by atoms with Gasteiger partial charge < -0.3 is 10.6 Å². The van der Waals surface area contributed by atoms with Gasteiger partial charge in [0.1, 0.15) is 11.4 Å². The first-order chi connectivity index (χ1) is 12.8. The molecule has 5 nitrogen and oxygen atoms in total. The summed E-state index contributed by atoms with van der Waals surface area (Å²) in [6.45, 7) is 3.42. The van der Waals surface area contributed by atoms with Crippen LogP contribution in [0, 0.1) is 0 Å². The number of carbonyl (C=O) groups excluding carboxylic acids is 1. The topological polar surface area (TPSA) is 59.0 Å². The molecule has 0 aliphatic carbocycles. The Hall–Kier alpha value is -2.60. The maximum absolute atomic E-state index is 12.8. The SMILES string of the molecule is CCc1nn2c(c1C(=O)NCCc1cccs1)N[C@@H](c1ccccc1)C2. The third kappa shape index (κ3) is 3.24. The van der Waals surface area contributed by atoms with Crippen molar-refractivity contribution >= 4 is 23.1 Å². The molecule has 0 bridgehead atoms. The molecule has 26 heavy (non-hydrogen) atoms. The second-order valence-electron chi connectivity index (χ2n) is 6.40. The minimum absolute atomic E-state index is 0.0409. The molecule has 3 aromatic rings. The lowest BCUT2D eigenvalue weighted by Crippen LogP contribution is -2.27. The van der Waals surface area contributed by atoms with Crippen molar-refractivity contribution in [3.8, 4) is 0 Å². The molecular formula is C20H22N4OS. The van der Waals surface area contributed by atoms with Gasteiger partial charge in [0.15, 0.2) is 0 Å². The van der Waals surface area contributed by atoms with Crippen LogP contribution in [0.2, 0.25) is 0 Å². The molecule has 1 aliphatic heterocycles. The van der Waals surface area contributed by atoms with E-state index in [9.17, 15) is 4.79 Å². The first kappa shape index (κ1) is 16.8. The van der Waals surface area contributed by atoms with Crippen LogP contribution in [0.4, 0.5) is 5.82 Å². The zero-order valence-corrected chi connectivity index (χ0v) is 15.6. The second-order valence-corrected chi connectivity index (χ2v) is 7.43. The summed E-state index contributed by atoms with van der Waals surface area (Å²) in [6, 6.07) is 14.6. The van der Waals surface area contributed by atoms with Crippen LogP contribution in [-0.4, -0.2) is 22.2 Å². The molecule has 1 aromatic carbocycles. The molecule has 6 heteroatoms. The van der Waals surface area contributed by atoms with Crippen LogP contribution in [-0.2, 0) is 19.4 Å². The van der Waals surface area contributed by atoms with Crippen LogP contribution < -0.4 is 10.6 Å².